The molecule has 1 aliphatic rings. The minimum absolute atomic E-state index is 0.00910. The maximum Gasteiger partial charge on any atom is 0.224 e. The lowest BCUT2D eigenvalue weighted by Crippen LogP contribution is -2.42. The summed E-state index contributed by atoms with van der Waals surface area (Å²) in [5.41, 5.74) is 7.45. The first-order valence-corrected chi connectivity index (χ1v) is 7.16. The molecule has 21 heavy (non-hydrogen) atoms. The molecule has 1 aromatic heterocycles. The van der Waals surface area contributed by atoms with Gasteiger partial charge in [-0.1, -0.05) is 0 Å². The molecule has 1 fully saturated rings. The van der Waals surface area contributed by atoms with Crippen molar-refractivity contribution < 1.29 is 4.79 Å². The highest BCUT2D eigenvalue weighted by Crippen LogP contribution is 2.28. The Bertz CT molecular complexity index is 672. The summed E-state index contributed by atoms with van der Waals surface area (Å²) in [5.74, 6) is 0.966. The molecule has 110 valence electrons. The molecular weight excluding hydrogens is 266 g/mol. The molecule has 0 bridgehead atoms. The summed E-state index contributed by atoms with van der Waals surface area (Å²) in [6.07, 6.45) is 3.46. The van der Waals surface area contributed by atoms with Crippen molar-refractivity contribution in [1.29, 1.82) is 0 Å². The fourth-order valence-electron chi connectivity index (χ4n) is 2.90. The molecule has 0 spiro atoms. The number of aromatic nitrogens is 2. The Morgan fingerprint density at radius 1 is 1.43 bits per heavy atom. The largest absolute Gasteiger partial charge is 0.399 e. The summed E-state index contributed by atoms with van der Waals surface area (Å²) in [6, 6.07) is 5.63. The van der Waals surface area contributed by atoms with E-state index in [0.29, 0.717) is 12.2 Å². The first-order chi connectivity index (χ1) is 10.2. The second-order valence-corrected chi connectivity index (χ2v) is 5.37. The zero-order chi connectivity index (χ0) is 14.8. The summed E-state index contributed by atoms with van der Waals surface area (Å²) in [5, 5.41) is 3.67. The maximum atomic E-state index is 11.9. The molecule has 1 aliphatic heterocycles. The lowest BCUT2D eigenvalue weighted by Gasteiger charge is -2.33. The van der Waals surface area contributed by atoms with Crippen molar-refractivity contribution in [1.82, 2.24) is 15.3 Å². The van der Waals surface area contributed by atoms with Crippen molar-refractivity contribution in [2.45, 2.75) is 12.8 Å². The highest BCUT2D eigenvalue weighted by atomic mass is 16.1. The van der Waals surface area contributed by atoms with Crippen LogP contribution in [0.2, 0.25) is 0 Å². The van der Waals surface area contributed by atoms with Crippen LogP contribution in [0.15, 0.2) is 24.5 Å². The number of rotatable bonds is 2. The van der Waals surface area contributed by atoms with Gasteiger partial charge < -0.3 is 16.0 Å². The molecule has 0 radical (unpaired) electrons. The molecule has 3 rings (SSSR count). The quantitative estimate of drug-likeness (QED) is 0.809. The number of hydrogen-bond acceptors (Lipinski definition) is 5. The number of carbonyl (C=O) groups is 1. The number of fused-ring (bicyclic) bond motifs is 1. The fraction of sp³-hybridized carbons (Fsp3) is 0.400. The Kier molecular flexibility index (Phi) is 3.60. The molecule has 2 heterocycles. The van der Waals surface area contributed by atoms with Crippen molar-refractivity contribution in [3.8, 4) is 0 Å². The molecule has 0 aliphatic carbocycles. The highest BCUT2D eigenvalue weighted by molar-refractivity contribution is 5.92. The molecule has 3 N–H and O–H groups in total. The first-order valence-electron chi connectivity index (χ1n) is 7.16. The number of piperidine rings is 1. The number of nitrogens with two attached hydrogens (primary N) is 1. The van der Waals surface area contributed by atoms with Gasteiger partial charge in [0.2, 0.25) is 5.91 Å². The summed E-state index contributed by atoms with van der Waals surface area (Å²) >= 11 is 0. The average molecular weight is 285 g/mol. The Morgan fingerprint density at radius 3 is 3.10 bits per heavy atom. The van der Waals surface area contributed by atoms with Crippen molar-refractivity contribution in [3.63, 3.8) is 0 Å². The molecule has 1 amide bonds. The minimum atomic E-state index is 0.00910. The van der Waals surface area contributed by atoms with Crippen LogP contribution < -0.4 is 16.0 Å². The molecular formula is C15H19N5O. The van der Waals surface area contributed by atoms with Gasteiger partial charge in [0, 0.05) is 31.2 Å². The van der Waals surface area contributed by atoms with Gasteiger partial charge in [-0.15, -0.1) is 0 Å². The van der Waals surface area contributed by atoms with E-state index in [4.69, 9.17) is 5.73 Å². The molecule has 6 heteroatoms. The zero-order valence-corrected chi connectivity index (χ0v) is 12.0. The van der Waals surface area contributed by atoms with Gasteiger partial charge in [0.1, 0.15) is 12.1 Å². The van der Waals surface area contributed by atoms with Crippen LogP contribution in [-0.2, 0) is 4.79 Å². The number of hydrogen-bond donors (Lipinski definition) is 2. The summed E-state index contributed by atoms with van der Waals surface area (Å²) in [4.78, 5) is 22.7. The number of benzene rings is 1. The highest BCUT2D eigenvalue weighted by Gasteiger charge is 2.26. The van der Waals surface area contributed by atoms with Crippen LogP contribution in [0.1, 0.15) is 12.8 Å². The Labute approximate surface area is 123 Å². The molecule has 1 aromatic carbocycles. The number of carbonyl (C=O) groups excluding carboxylic acids is 1. The number of amides is 1. The Hall–Kier alpha value is -2.37. The SMILES string of the molecule is CNC(=O)C1CCCN(c2ncnc3ccc(N)cc23)C1. The standard InChI is InChI=1S/C15H19N5O/c1-17-15(21)10-3-2-6-20(8-10)14-12-7-11(16)4-5-13(12)18-9-19-14/h4-5,7,9-10H,2-3,6,8,16H2,1H3,(H,17,21). The molecule has 1 unspecified atom stereocenters. The number of nitrogen functional groups attached to an aromatic ring is 1. The number of nitrogens with zero attached hydrogens (tertiary/aromatic N) is 3. The van der Waals surface area contributed by atoms with E-state index < -0.39 is 0 Å². The molecule has 6 nitrogen and oxygen atoms in total. The van der Waals surface area contributed by atoms with Crippen molar-refractivity contribution >= 4 is 28.3 Å². The Balaban J connectivity index is 1.96. The van der Waals surface area contributed by atoms with Gasteiger partial charge in [-0.05, 0) is 31.0 Å². The first kappa shape index (κ1) is 13.6. The van der Waals surface area contributed by atoms with Crippen molar-refractivity contribution in [2.75, 3.05) is 30.8 Å². The second kappa shape index (κ2) is 5.55. The smallest absolute Gasteiger partial charge is 0.224 e. The second-order valence-electron chi connectivity index (χ2n) is 5.37. The maximum absolute atomic E-state index is 11.9. The van der Waals surface area contributed by atoms with Gasteiger partial charge in [0.05, 0.1) is 11.4 Å². The molecule has 1 saturated heterocycles. The van der Waals surface area contributed by atoms with E-state index in [-0.39, 0.29) is 11.8 Å². The summed E-state index contributed by atoms with van der Waals surface area (Å²) < 4.78 is 0. The third-order valence-electron chi connectivity index (χ3n) is 3.98. The molecule has 1 atom stereocenters. The van der Waals surface area contributed by atoms with Gasteiger partial charge in [-0.3, -0.25) is 4.79 Å². The van der Waals surface area contributed by atoms with E-state index in [9.17, 15) is 4.79 Å². The molecule has 2 aromatic rings. The van der Waals surface area contributed by atoms with Crippen LogP contribution in [0.4, 0.5) is 11.5 Å². The number of nitrogens with one attached hydrogen (secondary N) is 1. The van der Waals surface area contributed by atoms with E-state index in [1.807, 2.05) is 18.2 Å². The van der Waals surface area contributed by atoms with Crippen molar-refractivity contribution in [3.05, 3.63) is 24.5 Å². The third kappa shape index (κ3) is 2.61. The Morgan fingerprint density at radius 2 is 2.29 bits per heavy atom. The normalized spacial score (nSPS) is 18.7. The van der Waals surface area contributed by atoms with Crippen LogP contribution in [-0.4, -0.2) is 36.0 Å². The lowest BCUT2D eigenvalue weighted by molar-refractivity contribution is -0.124. The van der Waals surface area contributed by atoms with Crippen molar-refractivity contribution in [2.24, 2.45) is 5.92 Å². The molecule has 0 saturated carbocycles. The van der Waals surface area contributed by atoms with Crippen LogP contribution in [0, 0.1) is 5.92 Å². The van der Waals surface area contributed by atoms with E-state index in [1.165, 1.54) is 0 Å². The van der Waals surface area contributed by atoms with E-state index >= 15 is 0 Å². The predicted molar refractivity (Wildman–Crippen MR) is 83.0 cm³/mol. The summed E-state index contributed by atoms with van der Waals surface area (Å²) in [7, 11) is 1.68. The van der Waals surface area contributed by atoms with Crippen LogP contribution in [0.25, 0.3) is 10.9 Å². The van der Waals surface area contributed by atoms with E-state index in [2.05, 4.69) is 20.2 Å². The minimum Gasteiger partial charge on any atom is -0.399 e. The predicted octanol–water partition coefficient (Wildman–Crippen LogP) is 1.17. The van der Waals surface area contributed by atoms with E-state index in [1.54, 1.807) is 13.4 Å². The van der Waals surface area contributed by atoms with Crippen LogP contribution >= 0.6 is 0 Å². The fourth-order valence-corrected chi connectivity index (χ4v) is 2.90. The van der Waals surface area contributed by atoms with Gasteiger partial charge >= 0.3 is 0 Å². The van der Waals surface area contributed by atoms with Gasteiger partial charge in [-0.2, -0.15) is 0 Å². The summed E-state index contributed by atoms with van der Waals surface area (Å²) in [6.45, 7) is 1.58. The average Bonchev–Trinajstić information content (AvgIpc) is 2.53. The monoisotopic (exact) mass is 285 g/mol. The lowest BCUT2D eigenvalue weighted by atomic mass is 9.97. The number of anilines is 2. The van der Waals surface area contributed by atoms with Gasteiger partial charge in [0.25, 0.3) is 0 Å². The van der Waals surface area contributed by atoms with Gasteiger partial charge in [-0.25, -0.2) is 9.97 Å². The van der Waals surface area contributed by atoms with Gasteiger partial charge in [0.15, 0.2) is 0 Å². The van der Waals surface area contributed by atoms with E-state index in [0.717, 1.165) is 36.1 Å². The van der Waals surface area contributed by atoms with Crippen LogP contribution in [0.3, 0.4) is 0 Å². The topological polar surface area (TPSA) is 84.1 Å². The third-order valence-corrected chi connectivity index (χ3v) is 3.98. The van der Waals surface area contributed by atoms with Crippen LogP contribution in [0.5, 0.6) is 0 Å². The zero-order valence-electron chi connectivity index (χ0n) is 12.0.